The van der Waals surface area contributed by atoms with Crippen molar-refractivity contribution in [2.75, 3.05) is 11.9 Å². The lowest BCUT2D eigenvalue weighted by atomic mass is 10.0. The zero-order valence-electron chi connectivity index (χ0n) is 19.8. The Morgan fingerprint density at radius 1 is 1.16 bits per heavy atom. The summed E-state index contributed by atoms with van der Waals surface area (Å²) >= 11 is 0. The number of amides is 1. The van der Waals surface area contributed by atoms with E-state index in [1.54, 1.807) is 0 Å². The monoisotopic (exact) mass is 517 g/mol. The molecule has 1 unspecified atom stereocenters. The number of aliphatic hydroxyl groups is 1. The average molecular weight is 518 g/mol. The van der Waals surface area contributed by atoms with Gasteiger partial charge >= 0.3 is 12.1 Å². The summed E-state index contributed by atoms with van der Waals surface area (Å²) in [7, 11) is 0. The van der Waals surface area contributed by atoms with Gasteiger partial charge in [0, 0.05) is 25.2 Å². The van der Waals surface area contributed by atoms with E-state index in [1.807, 2.05) is 12.1 Å². The SMILES string of the molecule is O=C(O)CC(NC(=O)c1cnn(CCc2ccc3c(n2)NCCC3)c1CO)c1ccc(C(F)(F)F)cc1. The fourth-order valence-corrected chi connectivity index (χ4v) is 4.26. The van der Waals surface area contributed by atoms with Gasteiger partial charge in [-0.2, -0.15) is 18.3 Å². The Labute approximate surface area is 210 Å². The highest BCUT2D eigenvalue weighted by atomic mass is 19.4. The number of benzene rings is 1. The molecule has 1 aliphatic heterocycles. The molecule has 196 valence electrons. The Balaban J connectivity index is 1.48. The van der Waals surface area contributed by atoms with Crippen molar-refractivity contribution in [1.29, 1.82) is 0 Å². The molecule has 0 bridgehead atoms. The van der Waals surface area contributed by atoms with Gasteiger partial charge in [-0.05, 0) is 42.2 Å². The van der Waals surface area contributed by atoms with Gasteiger partial charge in [0.2, 0.25) is 0 Å². The minimum atomic E-state index is -4.54. The van der Waals surface area contributed by atoms with Crippen molar-refractivity contribution in [1.82, 2.24) is 20.1 Å². The lowest BCUT2D eigenvalue weighted by Crippen LogP contribution is -2.31. The molecule has 1 aromatic carbocycles. The van der Waals surface area contributed by atoms with Gasteiger partial charge in [0.25, 0.3) is 5.91 Å². The number of halogens is 3. The first-order valence-electron chi connectivity index (χ1n) is 11.7. The highest BCUT2D eigenvalue weighted by Gasteiger charge is 2.31. The number of nitrogens with zero attached hydrogens (tertiary/aromatic N) is 3. The molecule has 0 fully saturated rings. The molecule has 0 spiro atoms. The summed E-state index contributed by atoms with van der Waals surface area (Å²) in [6.45, 7) is 0.712. The largest absolute Gasteiger partial charge is 0.481 e. The van der Waals surface area contributed by atoms with Crippen LogP contribution in [0, 0.1) is 0 Å². The first-order chi connectivity index (χ1) is 17.7. The van der Waals surface area contributed by atoms with Gasteiger partial charge in [-0.25, -0.2) is 4.98 Å². The number of aliphatic carboxylic acids is 1. The van der Waals surface area contributed by atoms with Crippen molar-refractivity contribution >= 4 is 17.7 Å². The summed E-state index contributed by atoms with van der Waals surface area (Å²) in [6, 6.07) is 6.80. The number of pyridine rings is 1. The molecule has 37 heavy (non-hydrogen) atoms. The highest BCUT2D eigenvalue weighted by molar-refractivity contribution is 5.95. The van der Waals surface area contributed by atoms with Gasteiger partial charge in [-0.1, -0.05) is 18.2 Å². The summed E-state index contributed by atoms with van der Waals surface area (Å²) in [5.74, 6) is -1.08. The summed E-state index contributed by atoms with van der Waals surface area (Å²) in [5, 5.41) is 29.2. The number of rotatable bonds is 9. The smallest absolute Gasteiger partial charge is 0.416 e. The highest BCUT2D eigenvalue weighted by Crippen LogP contribution is 2.30. The van der Waals surface area contributed by atoms with Crippen LogP contribution in [0.25, 0.3) is 0 Å². The van der Waals surface area contributed by atoms with E-state index in [1.165, 1.54) is 10.9 Å². The summed E-state index contributed by atoms with van der Waals surface area (Å²) < 4.78 is 40.1. The normalized spacial score (nSPS) is 13.9. The Hall–Kier alpha value is -3.93. The number of anilines is 1. The maximum Gasteiger partial charge on any atom is 0.416 e. The van der Waals surface area contributed by atoms with Crippen LogP contribution in [-0.4, -0.2) is 43.4 Å². The number of carboxylic acid groups (broad SMARTS) is 1. The standard InChI is InChI=1S/C25H26F3N5O4/c26-25(27,28)17-6-3-15(4-7-17)20(12-22(35)36)32-24(37)19-13-30-33(21(19)14-34)11-9-18-8-5-16-2-1-10-29-23(16)31-18/h3-8,13,20,34H,1-2,9-12,14H2,(H,29,31)(H,32,37)(H,35,36). The van der Waals surface area contributed by atoms with Crippen LogP contribution in [0.15, 0.2) is 42.6 Å². The number of aryl methyl sites for hydroxylation is 3. The lowest BCUT2D eigenvalue weighted by molar-refractivity contribution is -0.138. The van der Waals surface area contributed by atoms with Crippen LogP contribution in [0.1, 0.15) is 57.3 Å². The fourth-order valence-electron chi connectivity index (χ4n) is 4.26. The second kappa shape index (κ2) is 11.0. The molecular formula is C25H26F3N5O4. The second-order valence-electron chi connectivity index (χ2n) is 8.72. The van der Waals surface area contributed by atoms with Crippen LogP contribution >= 0.6 is 0 Å². The molecule has 9 nitrogen and oxygen atoms in total. The van der Waals surface area contributed by atoms with Gasteiger partial charge in [-0.15, -0.1) is 0 Å². The van der Waals surface area contributed by atoms with Gasteiger partial charge < -0.3 is 20.8 Å². The number of carbonyl (C=O) groups is 2. The number of carboxylic acids is 1. The number of aliphatic hydroxyl groups excluding tert-OH is 1. The number of alkyl halides is 3. The Bertz CT molecular complexity index is 1270. The van der Waals surface area contributed by atoms with E-state index in [2.05, 4.69) is 20.7 Å². The van der Waals surface area contributed by atoms with Crippen LogP contribution in [0.5, 0.6) is 0 Å². The molecule has 1 aliphatic rings. The predicted octanol–water partition coefficient (Wildman–Crippen LogP) is 3.34. The molecule has 12 heteroatoms. The first kappa shape index (κ1) is 26.1. The van der Waals surface area contributed by atoms with E-state index >= 15 is 0 Å². The maximum absolute atomic E-state index is 13.0. The van der Waals surface area contributed by atoms with E-state index in [0.717, 1.165) is 60.7 Å². The molecule has 0 radical (unpaired) electrons. The molecule has 4 rings (SSSR count). The Morgan fingerprint density at radius 3 is 2.59 bits per heavy atom. The third kappa shape index (κ3) is 6.26. The summed E-state index contributed by atoms with van der Waals surface area (Å²) in [5.41, 5.74) is 1.58. The molecule has 2 aromatic heterocycles. The molecule has 0 saturated heterocycles. The topological polar surface area (TPSA) is 129 Å². The third-order valence-corrected chi connectivity index (χ3v) is 6.20. The number of fused-ring (bicyclic) bond motifs is 1. The van der Waals surface area contributed by atoms with Crippen molar-refractivity contribution in [3.63, 3.8) is 0 Å². The minimum Gasteiger partial charge on any atom is -0.481 e. The Morgan fingerprint density at radius 2 is 1.92 bits per heavy atom. The fraction of sp³-hybridized carbons (Fsp3) is 0.360. The Kier molecular flexibility index (Phi) is 7.77. The van der Waals surface area contributed by atoms with Gasteiger partial charge in [0.15, 0.2) is 0 Å². The van der Waals surface area contributed by atoms with E-state index < -0.39 is 42.7 Å². The van der Waals surface area contributed by atoms with E-state index in [9.17, 15) is 33.0 Å². The number of nitrogens with one attached hydrogen (secondary N) is 2. The van der Waals surface area contributed by atoms with Crippen molar-refractivity contribution in [2.24, 2.45) is 0 Å². The van der Waals surface area contributed by atoms with Crippen LogP contribution in [0.2, 0.25) is 0 Å². The number of hydrogen-bond acceptors (Lipinski definition) is 6. The summed E-state index contributed by atoms with van der Waals surface area (Å²) in [6.07, 6.45) is -1.29. The average Bonchev–Trinajstić information content (AvgIpc) is 3.29. The zero-order chi connectivity index (χ0) is 26.6. The lowest BCUT2D eigenvalue weighted by Gasteiger charge is -2.18. The molecule has 0 aliphatic carbocycles. The van der Waals surface area contributed by atoms with Crippen LogP contribution < -0.4 is 10.6 Å². The molecule has 1 atom stereocenters. The molecule has 3 heterocycles. The first-order valence-corrected chi connectivity index (χ1v) is 11.7. The van der Waals surface area contributed by atoms with E-state index in [-0.39, 0.29) is 16.8 Å². The zero-order valence-corrected chi connectivity index (χ0v) is 19.8. The van der Waals surface area contributed by atoms with Crippen LogP contribution in [0.3, 0.4) is 0 Å². The van der Waals surface area contributed by atoms with Gasteiger partial charge in [0.1, 0.15) is 5.82 Å². The number of aromatic nitrogens is 3. The third-order valence-electron chi connectivity index (χ3n) is 6.20. The van der Waals surface area contributed by atoms with Crippen LogP contribution in [0.4, 0.5) is 19.0 Å². The molecule has 4 N–H and O–H groups in total. The predicted molar refractivity (Wildman–Crippen MR) is 127 cm³/mol. The van der Waals surface area contributed by atoms with Crippen molar-refractivity contribution < 1.29 is 33.0 Å². The van der Waals surface area contributed by atoms with Gasteiger partial charge in [0.05, 0.1) is 42.1 Å². The molecule has 1 amide bonds. The number of hydrogen-bond donors (Lipinski definition) is 4. The van der Waals surface area contributed by atoms with Gasteiger partial charge in [-0.3, -0.25) is 14.3 Å². The number of carbonyl (C=O) groups excluding carboxylic acids is 1. The quantitative estimate of drug-likeness (QED) is 0.343. The molecule has 0 saturated carbocycles. The molecular weight excluding hydrogens is 491 g/mol. The summed E-state index contributed by atoms with van der Waals surface area (Å²) in [4.78, 5) is 29.0. The van der Waals surface area contributed by atoms with Crippen molar-refractivity contribution in [3.05, 3.63) is 76.2 Å². The van der Waals surface area contributed by atoms with Crippen molar-refractivity contribution in [3.8, 4) is 0 Å². The maximum atomic E-state index is 13.0. The van der Waals surface area contributed by atoms with Crippen molar-refractivity contribution in [2.45, 2.75) is 51.1 Å². The van der Waals surface area contributed by atoms with E-state index in [0.29, 0.717) is 13.0 Å². The second-order valence-corrected chi connectivity index (χ2v) is 8.72. The minimum absolute atomic E-state index is 0.0462. The molecule has 3 aromatic rings. The van der Waals surface area contributed by atoms with E-state index in [4.69, 9.17) is 0 Å². The van der Waals surface area contributed by atoms with Crippen LogP contribution in [-0.2, 0) is 37.0 Å².